The zero-order chi connectivity index (χ0) is 16.3. The molecule has 1 aromatic heterocycles. The third-order valence-corrected chi connectivity index (χ3v) is 4.36. The summed E-state index contributed by atoms with van der Waals surface area (Å²) in [5, 5.41) is 0. The molecule has 23 heavy (non-hydrogen) atoms. The van der Waals surface area contributed by atoms with Crippen molar-refractivity contribution >= 4 is 11.8 Å². The molecule has 1 aromatic rings. The average molecular weight is 316 g/mol. The van der Waals surface area contributed by atoms with E-state index < -0.39 is 5.66 Å². The number of allylic oxidation sites excluding steroid dienone is 1. The maximum absolute atomic E-state index is 6.64. The molecule has 0 amide bonds. The summed E-state index contributed by atoms with van der Waals surface area (Å²) in [5.74, 6) is 0.640. The van der Waals surface area contributed by atoms with Gasteiger partial charge in [0.15, 0.2) is 0 Å². The minimum atomic E-state index is -0.558. The van der Waals surface area contributed by atoms with Crippen molar-refractivity contribution in [2.75, 3.05) is 32.9 Å². The molecular formula is C17H24N4O2. The van der Waals surface area contributed by atoms with Crippen LogP contribution in [0, 0.1) is 0 Å². The van der Waals surface area contributed by atoms with Crippen LogP contribution in [0.1, 0.15) is 25.8 Å². The molecular weight excluding hydrogens is 292 g/mol. The van der Waals surface area contributed by atoms with Gasteiger partial charge in [-0.2, -0.15) is 0 Å². The fourth-order valence-corrected chi connectivity index (χ4v) is 3.02. The predicted molar refractivity (Wildman–Crippen MR) is 90.4 cm³/mol. The van der Waals surface area contributed by atoms with Gasteiger partial charge in [0.05, 0.1) is 19.8 Å². The fraction of sp³-hybridized carbons (Fsp3) is 0.529. The quantitative estimate of drug-likeness (QED) is 0.915. The Morgan fingerprint density at radius 1 is 1.35 bits per heavy atom. The van der Waals surface area contributed by atoms with Gasteiger partial charge in [-0.3, -0.25) is 9.89 Å². The summed E-state index contributed by atoms with van der Waals surface area (Å²) >= 11 is 0. The average Bonchev–Trinajstić information content (AvgIpc) is 2.59. The van der Waals surface area contributed by atoms with Gasteiger partial charge in [-0.15, -0.1) is 0 Å². The van der Waals surface area contributed by atoms with E-state index in [1.165, 1.54) is 0 Å². The second-order valence-corrected chi connectivity index (χ2v) is 5.91. The van der Waals surface area contributed by atoms with Crippen LogP contribution < -0.4 is 10.5 Å². The van der Waals surface area contributed by atoms with Crippen molar-refractivity contribution in [2.24, 2.45) is 10.7 Å². The van der Waals surface area contributed by atoms with Gasteiger partial charge in [-0.25, -0.2) is 4.98 Å². The standard InChI is InChI=1S/C17H24N4O2/c1-3-23-16-5-4-14(11-19-16)15-10-17(18,12-20-13(15)2)21-6-8-22-9-7-21/h4-5,11-12H,3,6-10,18H2,1-2H3. The maximum atomic E-state index is 6.64. The van der Waals surface area contributed by atoms with Crippen molar-refractivity contribution in [3.63, 3.8) is 0 Å². The normalized spacial score (nSPS) is 25.7. The number of morpholine rings is 1. The first kappa shape index (κ1) is 16.1. The molecule has 0 aliphatic carbocycles. The SMILES string of the molecule is CCOc1ccc(C2=C(C)N=CC(N)(N3CCOCC3)C2)cn1. The lowest BCUT2D eigenvalue weighted by Crippen LogP contribution is -2.61. The van der Waals surface area contributed by atoms with Crippen LogP contribution in [0.4, 0.5) is 0 Å². The molecule has 0 saturated carbocycles. The van der Waals surface area contributed by atoms with E-state index in [0.29, 0.717) is 12.5 Å². The van der Waals surface area contributed by atoms with E-state index in [1.54, 1.807) is 0 Å². The molecule has 124 valence electrons. The number of rotatable bonds is 4. The molecule has 0 aromatic carbocycles. The van der Waals surface area contributed by atoms with E-state index in [2.05, 4.69) is 14.9 Å². The number of aliphatic imine (C=N–C) groups is 1. The van der Waals surface area contributed by atoms with Crippen molar-refractivity contribution in [2.45, 2.75) is 25.9 Å². The van der Waals surface area contributed by atoms with Crippen LogP contribution in [0.3, 0.4) is 0 Å². The Morgan fingerprint density at radius 2 is 2.13 bits per heavy atom. The number of aromatic nitrogens is 1. The van der Waals surface area contributed by atoms with Gasteiger partial charge in [0.2, 0.25) is 5.88 Å². The first-order chi connectivity index (χ1) is 11.1. The molecule has 2 N–H and O–H groups in total. The summed E-state index contributed by atoms with van der Waals surface area (Å²) in [6.45, 7) is 7.67. The van der Waals surface area contributed by atoms with Gasteiger partial charge in [-0.1, -0.05) is 0 Å². The third-order valence-electron chi connectivity index (χ3n) is 4.36. The molecule has 0 spiro atoms. The summed E-state index contributed by atoms with van der Waals surface area (Å²) < 4.78 is 10.8. The van der Waals surface area contributed by atoms with E-state index in [4.69, 9.17) is 15.2 Å². The molecule has 3 heterocycles. The fourth-order valence-electron chi connectivity index (χ4n) is 3.02. The van der Waals surface area contributed by atoms with E-state index in [9.17, 15) is 0 Å². The number of hydrogen-bond donors (Lipinski definition) is 1. The number of hydrogen-bond acceptors (Lipinski definition) is 6. The summed E-state index contributed by atoms with van der Waals surface area (Å²) in [6, 6.07) is 3.92. The van der Waals surface area contributed by atoms with Crippen LogP contribution in [0.5, 0.6) is 5.88 Å². The molecule has 1 atom stereocenters. The Hall–Kier alpha value is -1.76. The molecule has 1 unspecified atom stereocenters. The summed E-state index contributed by atoms with van der Waals surface area (Å²) in [6.07, 6.45) is 4.43. The van der Waals surface area contributed by atoms with Gasteiger partial charge >= 0.3 is 0 Å². The molecule has 0 radical (unpaired) electrons. The zero-order valence-corrected chi connectivity index (χ0v) is 13.8. The highest BCUT2D eigenvalue weighted by Gasteiger charge is 2.35. The number of nitrogens with zero attached hydrogens (tertiary/aromatic N) is 3. The number of ether oxygens (including phenoxy) is 2. The van der Waals surface area contributed by atoms with Gasteiger partial charge < -0.3 is 15.2 Å². The van der Waals surface area contributed by atoms with Gasteiger partial charge in [0.1, 0.15) is 5.66 Å². The van der Waals surface area contributed by atoms with Crippen LogP contribution in [0.25, 0.3) is 5.57 Å². The van der Waals surface area contributed by atoms with Crippen molar-refractivity contribution < 1.29 is 9.47 Å². The topological polar surface area (TPSA) is 73.0 Å². The molecule has 0 bridgehead atoms. The maximum Gasteiger partial charge on any atom is 0.213 e. The van der Waals surface area contributed by atoms with E-state index in [0.717, 1.165) is 49.6 Å². The van der Waals surface area contributed by atoms with Crippen LogP contribution in [0.15, 0.2) is 29.0 Å². The Balaban J connectivity index is 1.82. The first-order valence-electron chi connectivity index (χ1n) is 8.08. The molecule has 1 fully saturated rings. The first-order valence-corrected chi connectivity index (χ1v) is 8.08. The van der Waals surface area contributed by atoms with Crippen LogP contribution in [-0.2, 0) is 4.74 Å². The molecule has 3 rings (SSSR count). The predicted octanol–water partition coefficient (Wildman–Crippen LogP) is 1.67. The van der Waals surface area contributed by atoms with E-state index in [1.807, 2.05) is 38.4 Å². The lowest BCUT2D eigenvalue weighted by atomic mass is 9.91. The Bertz CT molecular complexity index is 606. The van der Waals surface area contributed by atoms with Gasteiger partial charge in [-0.05, 0) is 31.1 Å². The summed E-state index contributed by atoms with van der Waals surface area (Å²) in [5.41, 5.74) is 9.26. The highest BCUT2D eigenvalue weighted by atomic mass is 16.5. The second kappa shape index (κ2) is 6.78. The lowest BCUT2D eigenvalue weighted by Gasteiger charge is -2.42. The minimum Gasteiger partial charge on any atom is -0.478 e. The number of pyridine rings is 1. The Kier molecular flexibility index (Phi) is 4.75. The summed E-state index contributed by atoms with van der Waals surface area (Å²) in [4.78, 5) is 11.2. The van der Waals surface area contributed by atoms with E-state index >= 15 is 0 Å². The van der Waals surface area contributed by atoms with Crippen LogP contribution in [0.2, 0.25) is 0 Å². The summed E-state index contributed by atoms with van der Waals surface area (Å²) in [7, 11) is 0. The van der Waals surface area contributed by atoms with Crippen molar-refractivity contribution in [3.05, 3.63) is 29.6 Å². The third kappa shape index (κ3) is 3.44. The zero-order valence-electron chi connectivity index (χ0n) is 13.8. The van der Waals surface area contributed by atoms with Gasteiger partial charge in [0, 0.05) is 43.7 Å². The molecule has 2 aliphatic heterocycles. The lowest BCUT2D eigenvalue weighted by molar-refractivity contribution is 0.00433. The van der Waals surface area contributed by atoms with E-state index in [-0.39, 0.29) is 0 Å². The van der Waals surface area contributed by atoms with Crippen molar-refractivity contribution in [1.82, 2.24) is 9.88 Å². The molecule has 6 nitrogen and oxygen atoms in total. The minimum absolute atomic E-state index is 0.558. The smallest absolute Gasteiger partial charge is 0.213 e. The van der Waals surface area contributed by atoms with Crippen LogP contribution in [-0.4, -0.2) is 54.7 Å². The highest BCUT2D eigenvalue weighted by molar-refractivity contribution is 5.82. The molecule has 6 heteroatoms. The highest BCUT2D eigenvalue weighted by Crippen LogP contribution is 2.32. The van der Waals surface area contributed by atoms with Crippen molar-refractivity contribution in [3.8, 4) is 5.88 Å². The number of nitrogens with two attached hydrogens (primary N) is 1. The molecule has 2 aliphatic rings. The van der Waals surface area contributed by atoms with Gasteiger partial charge in [0.25, 0.3) is 0 Å². The Morgan fingerprint density at radius 3 is 2.78 bits per heavy atom. The monoisotopic (exact) mass is 316 g/mol. The largest absolute Gasteiger partial charge is 0.478 e. The molecule has 1 saturated heterocycles. The van der Waals surface area contributed by atoms with Crippen molar-refractivity contribution in [1.29, 1.82) is 0 Å². The Labute approximate surface area is 137 Å². The second-order valence-electron chi connectivity index (χ2n) is 5.91. The van der Waals surface area contributed by atoms with Crippen LogP contribution >= 0.6 is 0 Å².